The number of aryl methyl sites for hydroxylation is 2. The summed E-state index contributed by atoms with van der Waals surface area (Å²) in [5.74, 6) is -0.0336. The molecule has 3 aromatic rings. The SMILES string of the molecule is Cc1ccc(NC(=O)[C@@H](C)OC(=O)CCc2nc(-c3cccs3)no2)cc1. The lowest BCUT2D eigenvalue weighted by molar-refractivity contribution is -0.153. The molecule has 27 heavy (non-hydrogen) atoms. The third-order valence-electron chi connectivity index (χ3n) is 3.75. The Balaban J connectivity index is 1.45. The Labute approximate surface area is 160 Å². The number of nitrogens with one attached hydrogen (secondary N) is 1. The third kappa shape index (κ3) is 5.24. The smallest absolute Gasteiger partial charge is 0.307 e. The molecule has 0 saturated heterocycles. The van der Waals surface area contributed by atoms with E-state index in [-0.39, 0.29) is 18.7 Å². The maximum Gasteiger partial charge on any atom is 0.307 e. The summed E-state index contributed by atoms with van der Waals surface area (Å²) in [5, 5.41) is 8.52. The molecule has 0 unspecified atom stereocenters. The maximum atomic E-state index is 12.1. The predicted octanol–water partition coefficient (Wildman–Crippen LogP) is 3.61. The first-order chi connectivity index (χ1) is 13.0. The van der Waals surface area contributed by atoms with Gasteiger partial charge >= 0.3 is 5.97 Å². The number of hydrogen-bond donors (Lipinski definition) is 1. The van der Waals surface area contributed by atoms with Crippen LogP contribution in [0.25, 0.3) is 10.7 Å². The summed E-state index contributed by atoms with van der Waals surface area (Å²) in [6.07, 6.45) is -0.597. The molecule has 2 heterocycles. The minimum absolute atomic E-state index is 0.0498. The van der Waals surface area contributed by atoms with Gasteiger partial charge in [0.05, 0.1) is 11.3 Å². The molecule has 1 amide bonds. The first kappa shape index (κ1) is 18.8. The van der Waals surface area contributed by atoms with Gasteiger partial charge in [0, 0.05) is 12.1 Å². The van der Waals surface area contributed by atoms with Crippen LogP contribution in [0.1, 0.15) is 24.8 Å². The largest absolute Gasteiger partial charge is 0.453 e. The van der Waals surface area contributed by atoms with Crippen molar-refractivity contribution in [3.8, 4) is 10.7 Å². The van der Waals surface area contributed by atoms with Gasteiger partial charge in [-0.2, -0.15) is 4.98 Å². The zero-order chi connectivity index (χ0) is 19.2. The van der Waals surface area contributed by atoms with E-state index in [0.29, 0.717) is 17.4 Å². The van der Waals surface area contributed by atoms with Crippen LogP contribution < -0.4 is 5.32 Å². The molecule has 140 valence electrons. The van der Waals surface area contributed by atoms with Crippen LogP contribution in [-0.4, -0.2) is 28.1 Å². The van der Waals surface area contributed by atoms with Gasteiger partial charge < -0.3 is 14.6 Å². The van der Waals surface area contributed by atoms with Gasteiger partial charge in [-0.15, -0.1) is 11.3 Å². The van der Waals surface area contributed by atoms with Gasteiger partial charge in [-0.25, -0.2) is 0 Å². The van der Waals surface area contributed by atoms with Crippen LogP contribution in [0.15, 0.2) is 46.3 Å². The quantitative estimate of drug-likeness (QED) is 0.625. The van der Waals surface area contributed by atoms with Gasteiger partial charge in [0.15, 0.2) is 6.10 Å². The molecular formula is C19H19N3O4S. The van der Waals surface area contributed by atoms with Crippen molar-refractivity contribution >= 4 is 28.9 Å². The van der Waals surface area contributed by atoms with E-state index in [0.717, 1.165) is 10.4 Å². The first-order valence-electron chi connectivity index (χ1n) is 8.45. The summed E-state index contributed by atoms with van der Waals surface area (Å²) < 4.78 is 10.3. The molecule has 0 radical (unpaired) electrons. The number of thiophene rings is 1. The number of rotatable bonds is 7. The average molecular weight is 385 g/mol. The highest BCUT2D eigenvalue weighted by Crippen LogP contribution is 2.21. The lowest BCUT2D eigenvalue weighted by Gasteiger charge is -2.13. The van der Waals surface area contributed by atoms with Crippen molar-refractivity contribution in [1.29, 1.82) is 0 Å². The van der Waals surface area contributed by atoms with Gasteiger partial charge in [-0.05, 0) is 37.4 Å². The van der Waals surface area contributed by atoms with Crippen molar-refractivity contribution in [2.24, 2.45) is 0 Å². The van der Waals surface area contributed by atoms with Gasteiger partial charge in [-0.1, -0.05) is 28.9 Å². The molecule has 0 bridgehead atoms. The van der Waals surface area contributed by atoms with Crippen LogP contribution in [0.5, 0.6) is 0 Å². The van der Waals surface area contributed by atoms with Crippen molar-refractivity contribution in [3.05, 3.63) is 53.2 Å². The highest BCUT2D eigenvalue weighted by Gasteiger charge is 2.19. The summed E-state index contributed by atoms with van der Waals surface area (Å²) in [6, 6.07) is 11.2. The molecule has 0 aliphatic carbocycles. The molecule has 0 fully saturated rings. The van der Waals surface area contributed by atoms with Gasteiger partial charge in [0.1, 0.15) is 0 Å². The van der Waals surface area contributed by atoms with Crippen LogP contribution in [0.4, 0.5) is 5.69 Å². The molecule has 3 rings (SSSR count). The number of aromatic nitrogens is 2. The van der Waals surface area contributed by atoms with Gasteiger partial charge in [0.25, 0.3) is 5.91 Å². The predicted molar refractivity (Wildman–Crippen MR) is 101 cm³/mol. The Morgan fingerprint density at radius 1 is 1.26 bits per heavy atom. The van der Waals surface area contributed by atoms with Crippen molar-refractivity contribution in [2.75, 3.05) is 5.32 Å². The Morgan fingerprint density at radius 2 is 2.04 bits per heavy atom. The number of ether oxygens (including phenoxy) is 1. The maximum absolute atomic E-state index is 12.1. The molecule has 2 aromatic heterocycles. The molecular weight excluding hydrogens is 366 g/mol. The lowest BCUT2D eigenvalue weighted by atomic mass is 10.2. The van der Waals surface area contributed by atoms with Crippen molar-refractivity contribution in [1.82, 2.24) is 10.1 Å². The number of carbonyl (C=O) groups excluding carboxylic acids is 2. The lowest BCUT2D eigenvalue weighted by Crippen LogP contribution is -2.30. The van der Waals surface area contributed by atoms with E-state index in [2.05, 4.69) is 15.5 Å². The molecule has 1 atom stereocenters. The highest BCUT2D eigenvalue weighted by molar-refractivity contribution is 7.13. The van der Waals surface area contributed by atoms with Crippen LogP contribution in [0.2, 0.25) is 0 Å². The Bertz CT molecular complexity index is 903. The number of esters is 1. The van der Waals surface area contributed by atoms with E-state index in [1.807, 2.05) is 36.6 Å². The topological polar surface area (TPSA) is 94.3 Å². The summed E-state index contributed by atoms with van der Waals surface area (Å²) in [7, 11) is 0. The number of hydrogen-bond acceptors (Lipinski definition) is 7. The first-order valence-corrected chi connectivity index (χ1v) is 9.32. The third-order valence-corrected chi connectivity index (χ3v) is 4.62. The second-order valence-electron chi connectivity index (χ2n) is 5.98. The zero-order valence-corrected chi connectivity index (χ0v) is 15.8. The molecule has 1 N–H and O–H groups in total. The molecule has 0 aliphatic heterocycles. The summed E-state index contributed by atoms with van der Waals surface area (Å²) in [5.41, 5.74) is 1.75. The molecule has 0 saturated carbocycles. The summed E-state index contributed by atoms with van der Waals surface area (Å²) in [6.45, 7) is 3.49. The van der Waals surface area contributed by atoms with Crippen LogP contribution >= 0.6 is 11.3 Å². The van der Waals surface area contributed by atoms with E-state index in [1.165, 1.54) is 18.3 Å². The Morgan fingerprint density at radius 3 is 2.74 bits per heavy atom. The van der Waals surface area contributed by atoms with E-state index in [1.54, 1.807) is 12.1 Å². The highest BCUT2D eigenvalue weighted by atomic mass is 32.1. The van der Waals surface area contributed by atoms with E-state index < -0.39 is 12.1 Å². The fourth-order valence-corrected chi connectivity index (χ4v) is 2.91. The molecule has 7 nitrogen and oxygen atoms in total. The van der Waals surface area contributed by atoms with Crippen LogP contribution in [0, 0.1) is 6.92 Å². The molecule has 1 aromatic carbocycles. The van der Waals surface area contributed by atoms with E-state index in [9.17, 15) is 9.59 Å². The second-order valence-corrected chi connectivity index (χ2v) is 6.92. The number of benzene rings is 1. The van der Waals surface area contributed by atoms with Crippen LogP contribution in [-0.2, 0) is 20.7 Å². The molecule has 8 heteroatoms. The van der Waals surface area contributed by atoms with E-state index >= 15 is 0 Å². The summed E-state index contributed by atoms with van der Waals surface area (Å²) >= 11 is 1.51. The number of nitrogens with zero attached hydrogens (tertiary/aromatic N) is 2. The molecule has 0 spiro atoms. The average Bonchev–Trinajstić information content (AvgIpc) is 3.33. The number of carbonyl (C=O) groups is 2. The summed E-state index contributed by atoms with van der Waals surface area (Å²) in [4.78, 5) is 29.2. The fourth-order valence-electron chi connectivity index (χ4n) is 2.26. The van der Waals surface area contributed by atoms with Crippen molar-refractivity contribution in [2.45, 2.75) is 32.8 Å². The molecule has 0 aliphatic rings. The monoisotopic (exact) mass is 385 g/mol. The standard InChI is InChI=1S/C19H19N3O4S/c1-12-5-7-14(8-6-12)20-19(24)13(2)25-17(23)10-9-16-21-18(22-26-16)15-4-3-11-27-15/h3-8,11,13H,9-10H2,1-2H3,(H,20,24)/t13-/m1/s1. The van der Waals surface area contributed by atoms with Gasteiger partial charge in [-0.3, -0.25) is 9.59 Å². The second kappa shape index (κ2) is 8.59. The van der Waals surface area contributed by atoms with Crippen LogP contribution in [0.3, 0.4) is 0 Å². The normalized spacial score (nSPS) is 11.8. The Kier molecular flexibility index (Phi) is 5.97. The zero-order valence-electron chi connectivity index (χ0n) is 15.0. The van der Waals surface area contributed by atoms with E-state index in [4.69, 9.17) is 9.26 Å². The Hall–Kier alpha value is -3.00. The fraction of sp³-hybridized carbons (Fsp3) is 0.263. The number of amides is 1. The van der Waals surface area contributed by atoms with Gasteiger partial charge in [0.2, 0.25) is 11.7 Å². The van der Waals surface area contributed by atoms with Crippen molar-refractivity contribution in [3.63, 3.8) is 0 Å². The number of anilines is 1. The minimum Gasteiger partial charge on any atom is -0.453 e. The minimum atomic E-state index is -0.900. The van der Waals surface area contributed by atoms with Crippen molar-refractivity contribution < 1.29 is 18.8 Å².